The number of rotatable bonds is 10. The monoisotopic (exact) mass is 1100 g/mol. The maximum Gasteiger partial charge on any atom is 0.416 e. The molecule has 4 heterocycles. The van der Waals surface area contributed by atoms with E-state index in [4.69, 9.17) is 29.9 Å². The lowest BCUT2D eigenvalue weighted by molar-refractivity contribution is -0.137. The van der Waals surface area contributed by atoms with Gasteiger partial charge in [-0.05, 0) is 108 Å². The van der Waals surface area contributed by atoms with E-state index in [9.17, 15) is 13.2 Å². The molecule has 4 aromatic heterocycles. The molecule has 15 aromatic rings. The lowest BCUT2D eigenvalue weighted by Crippen LogP contribution is -2.04. The molecule has 0 aliphatic rings. The smallest absolute Gasteiger partial charge is 0.309 e. The second kappa shape index (κ2) is 20.7. The molecule has 0 unspecified atom stereocenters. The molecule has 0 aliphatic heterocycles. The van der Waals surface area contributed by atoms with E-state index < -0.39 is 11.7 Å². The summed E-state index contributed by atoms with van der Waals surface area (Å²) >= 11 is 0. The molecule has 0 amide bonds. The average Bonchev–Trinajstić information content (AvgIpc) is 3.65. The maximum absolute atomic E-state index is 14.4. The van der Waals surface area contributed by atoms with Crippen LogP contribution in [0.5, 0.6) is 0 Å². The van der Waals surface area contributed by atoms with Crippen molar-refractivity contribution in [1.29, 1.82) is 0 Å². The second-order valence-electron chi connectivity index (χ2n) is 21.1. The molecule has 0 bridgehead atoms. The van der Waals surface area contributed by atoms with Gasteiger partial charge in [-0.2, -0.15) is 13.2 Å². The van der Waals surface area contributed by atoms with E-state index in [0.717, 1.165) is 94.7 Å². The molecule has 0 N–H and O–H groups in total. The predicted molar refractivity (Wildman–Crippen MR) is 335 cm³/mol. The topological polar surface area (TPSA) is 87.2 Å². The van der Waals surface area contributed by atoms with Gasteiger partial charge in [0.15, 0.2) is 34.9 Å². The van der Waals surface area contributed by atoms with Crippen LogP contribution in [0.15, 0.2) is 267 Å². The summed E-state index contributed by atoms with van der Waals surface area (Å²) in [5, 5.41) is 3.45. The van der Waals surface area contributed by atoms with Gasteiger partial charge in [-0.3, -0.25) is 0 Å². The fourth-order valence-corrected chi connectivity index (χ4v) is 11.6. The Kier molecular flexibility index (Phi) is 12.3. The Hall–Kier alpha value is -11.2. The maximum atomic E-state index is 14.4. The number of hydrogen-bond donors (Lipinski definition) is 0. The van der Waals surface area contributed by atoms with Crippen molar-refractivity contribution in [3.63, 3.8) is 0 Å². The van der Waals surface area contributed by atoms with E-state index in [1.165, 1.54) is 6.07 Å². The second-order valence-corrected chi connectivity index (χ2v) is 21.1. The minimum absolute atomic E-state index is 0.426. The van der Waals surface area contributed by atoms with Gasteiger partial charge in [0.25, 0.3) is 0 Å². The number of fused-ring (bicyclic) bond motifs is 6. The van der Waals surface area contributed by atoms with Gasteiger partial charge in [-0.1, -0.05) is 194 Å². The van der Waals surface area contributed by atoms with Crippen LogP contribution in [-0.2, 0) is 6.18 Å². The molecule has 85 heavy (non-hydrogen) atoms. The number of nitrogens with zero attached hydrogens (tertiary/aromatic N) is 8. The number of aromatic nitrogens is 8. The van der Waals surface area contributed by atoms with Crippen molar-refractivity contribution < 1.29 is 13.2 Å². The summed E-state index contributed by atoms with van der Waals surface area (Å²) in [5.74, 6) is 3.02. The van der Waals surface area contributed by atoms with Gasteiger partial charge >= 0.3 is 6.18 Å². The van der Waals surface area contributed by atoms with Crippen molar-refractivity contribution in [2.75, 3.05) is 0 Å². The van der Waals surface area contributed by atoms with E-state index >= 15 is 0 Å². The summed E-state index contributed by atoms with van der Waals surface area (Å²) in [7, 11) is 0. The molecule has 0 radical (unpaired) electrons. The van der Waals surface area contributed by atoms with Gasteiger partial charge in [0.1, 0.15) is 0 Å². The van der Waals surface area contributed by atoms with Crippen molar-refractivity contribution in [2.45, 2.75) is 13.1 Å². The van der Waals surface area contributed by atoms with E-state index in [-0.39, 0.29) is 0 Å². The Morgan fingerprint density at radius 1 is 0.282 bits per heavy atom. The summed E-state index contributed by atoms with van der Waals surface area (Å²) in [5.41, 5.74) is 13.9. The van der Waals surface area contributed by atoms with E-state index in [2.05, 4.69) is 102 Å². The molecule has 404 valence electrons. The van der Waals surface area contributed by atoms with Gasteiger partial charge in [-0.25, -0.2) is 29.9 Å². The SMILES string of the molecule is Cc1ccc2c(c1)c1ccccc1n2-c1ccc(-c2cccc(-c3cc(-c4nc(-c5ccccc5)nc(-c5ccccc5)n4)cc(-n4c5ccccc5c5cc(C(F)(F)F)ccc54)c3)c2)cc1-c1nc(-c2ccccc2)nc(-c2ccccc2)n1. The first-order valence-corrected chi connectivity index (χ1v) is 27.9. The van der Waals surface area contributed by atoms with Crippen molar-refractivity contribution in [3.8, 4) is 102 Å². The lowest BCUT2D eigenvalue weighted by atomic mass is 9.95. The molecule has 15 rings (SSSR count). The molecule has 11 heteroatoms. The van der Waals surface area contributed by atoms with Crippen LogP contribution < -0.4 is 0 Å². The van der Waals surface area contributed by atoms with Crippen molar-refractivity contribution in [2.24, 2.45) is 0 Å². The molecule has 0 saturated heterocycles. The van der Waals surface area contributed by atoms with Crippen molar-refractivity contribution in [1.82, 2.24) is 39.0 Å². The summed E-state index contributed by atoms with van der Waals surface area (Å²) in [4.78, 5) is 31.1. The summed E-state index contributed by atoms with van der Waals surface area (Å²) in [6, 6.07) is 87.3. The number of hydrogen-bond acceptors (Lipinski definition) is 6. The third kappa shape index (κ3) is 9.34. The summed E-state index contributed by atoms with van der Waals surface area (Å²) in [6.07, 6.45) is -4.53. The zero-order valence-electron chi connectivity index (χ0n) is 45.6. The molecule has 0 saturated carbocycles. The highest BCUT2D eigenvalue weighted by Crippen LogP contribution is 2.42. The van der Waals surface area contributed by atoms with Crippen molar-refractivity contribution in [3.05, 3.63) is 278 Å². The van der Waals surface area contributed by atoms with Crippen LogP contribution >= 0.6 is 0 Å². The van der Waals surface area contributed by atoms with E-state index in [1.807, 2.05) is 162 Å². The standard InChI is InChI=1S/C74H47F3N8/c1-46-33-36-66-60(39-46)58-29-15-17-32-64(58)85(66)67-37-34-53(44-62(67)73-82-70(49-23-10-4-11-24-49)79-71(83-73)50-25-12-5-13-26-50)51-27-18-28-52(40-51)54-41-55(72-80-68(47-19-6-2-7-20-47)78-69(81-72)48-21-8-3-9-22-48)43-57(42-54)84-63-31-16-14-30-59(63)61-45-56(74(75,76)77)35-38-65(61)84/h2-45H,1H3. The minimum atomic E-state index is -4.53. The van der Waals surface area contributed by atoms with Gasteiger partial charge in [0, 0.05) is 60.6 Å². The molecule has 0 atom stereocenters. The van der Waals surface area contributed by atoms with Gasteiger partial charge in [-0.15, -0.1) is 0 Å². The van der Waals surface area contributed by atoms with Crippen LogP contribution in [0.3, 0.4) is 0 Å². The van der Waals surface area contributed by atoms with Crippen molar-refractivity contribution >= 4 is 43.6 Å². The van der Waals surface area contributed by atoms with Crippen LogP contribution in [-0.4, -0.2) is 39.0 Å². The fourth-order valence-electron chi connectivity index (χ4n) is 11.6. The Morgan fingerprint density at radius 2 is 0.682 bits per heavy atom. The normalized spacial score (nSPS) is 11.8. The quantitative estimate of drug-likeness (QED) is 0.136. The Labute approximate surface area is 486 Å². The lowest BCUT2D eigenvalue weighted by Gasteiger charge is -2.17. The predicted octanol–water partition coefficient (Wildman–Crippen LogP) is 18.9. The molecular weight excluding hydrogens is 1060 g/mol. The first-order chi connectivity index (χ1) is 41.6. The summed E-state index contributed by atoms with van der Waals surface area (Å²) in [6.45, 7) is 2.12. The van der Waals surface area contributed by atoms with Crippen LogP contribution in [0, 0.1) is 6.92 Å². The van der Waals surface area contributed by atoms with Gasteiger partial charge in [0.05, 0.1) is 33.3 Å². The molecule has 0 spiro atoms. The first kappa shape index (κ1) is 50.8. The minimum Gasteiger partial charge on any atom is -0.309 e. The fraction of sp³-hybridized carbons (Fsp3) is 0.0270. The van der Waals surface area contributed by atoms with Gasteiger partial charge in [0.2, 0.25) is 0 Å². The van der Waals surface area contributed by atoms with Crippen LogP contribution in [0.1, 0.15) is 11.1 Å². The zero-order chi connectivity index (χ0) is 57.2. The first-order valence-electron chi connectivity index (χ1n) is 27.9. The summed E-state index contributed by atoms with van der Waals surface area (Å²) < 4.78 is 47.6. The van der Waals surface area contributed by atoms with Crippen LogP contribution in [0.25, 0.3) is 146 Å². The highest BCUT2D eigenvalue weighted by Gasteiger charge is 2.31. The molecule has 8 nitrogen and oxygen atoms in total. The number of halogens is 3. The largest absolute Gasteiger partial charge is 0.416 e. The third-order valence-electron chi connectivity index (χ3n) is 15.7. The average molecular weight is 1110 g/mol. The highest BCUT2D eigenvalue weighted by atomic mass is 19.4. The van der Waals surface area contributed by atoms with E-state index in [0.29, 0.717) is 62.5 Å². The number of para-hydroxylation sites is 2. The van der Waals surface area contributed by atoms with E-state index in [1.54, 1.807) is 6.07 Å². The van der Waals surface area contributed by atoms with Gasteiger partial charge < -0.3 is 9.13 Å². The Bertz CT molecular complexity index is 4940. The zero-order valence-corrected chi connectivity index (χ0v) is 45.6. The third-order valence-corrected chi connectivity index (χ3v) is 15.7. The molecule has 0 fully saturated rings. The number of aryl methyl sites for hydroxylation is 1. The highest BCUT2D eigenvalue weighted by molar-refractivity contribution is 6.11. The molecule has 11 aromatic carbocycles. The molecule has 0 aliphatic carbocycles. The number of benzene rings is 11. The Balaban J connectivity index is 0.957. The number of alkyl halides is 3. The molecular formula is C74H47F3N8. The van der Waals surface area contributed by atoms with Crippen LogP contribution in [0.2, 0.25) is 0 Å². The van der Waals surface area contributed by atoms with Crippen LogP contribution in [0.4, 0.5) is 13.2 Å². The Morgan fingerprint density at radius 3 is 1.24 bits per heavy atom.